The summed E-state index contributed by atoms with van der Waals surface area (Å²) in [6.07, 6.45) is 0. The highest BCUT2D eigenvalue weighted by atomic mass is 15.0. The Kier molecular flexibility index (Phi) is 7.28. The van der Waals surface area contributed by atoms with Crippen molar-refractivity contribution in [2.24, 2.45) is 0 Å². The van der Waals surface area contributed by atoms with E-state index < -0.39 is 0 Å². The van der Waals surface area contributed by atoms with Crippen molar-refractivity contribution in [2.75, 3.05) is 0 Å². The Morgan fingerprint density at radius 3 is 1.25 bits per heavy atom. The van der Waals surface area contributed by atoms with Crippen LogP contribution in [0.15, 0.2) is 152 Å². The molecule has 0 aliphatic heterocycles. The maximum atomic E-state index is 10.6. The Balaban J connectivity index is 1.39. The molecule has 0 bridgehead atoms. The number of rotatable bonds is 4. The minimum atomic E-state index is 0.257. The van der Waals surface area contributed by atoms with Crippen molar-refractivity contribution in [3.8, 4) is 63.3 Å². The van der Waals surface area contributed by atoms with Gasteiger partial charge in [-0.25, -0.2) is 0 Å². The smallest absolute Gasteiger partial charge is 0.101 e. The summed E-state index contributed by atoms with van der Waals surface area (Å²) in [7, 11) is 0. The normalized spacial score (nSPS) is 10.9. The zero-order chi connectivity index (χ0) is 36.1. The largest absolute Gasteiger partial charge is 0.308 e. The average Bonchev–Trinajstić information content (AvgIpc) is 3.56. The fourth-order valence-electron chi connectivity index (χ4n) is 7.91. The van der Waals surface area contributed by atoms with Crippen LogP contribution in [0.1, 0.15) is 22.3 Å². The number of benzene rings is 8. The van der Waals surface area contributed by atoms with Crippen molar-refractivity contribution in [3.05, 3.63) is 174 Å². The molecule has 0 spiro atoms. The first kappa shape index (κ1) is 31.1. The summed E-state index contributed by atoms with van der Waals surface area (Å²) in [5.41, 5.74) is 8.33. The van der Waals surface area contributed by atoms with Crippen LogP contribution >= 0.6 is 0 Å². The van der Waals surface area contributed by atoms with E-state index >= 15 is 0 Å². The fraction of sp³-hybridized carbons (Fsp3) is 0. The molecule has 242 valence electrons. The molecule has 5 heteroatoms. The lowest BCUT2D eigenvalue weighted by molar-refractivity contribution is 1.17. The predicted molar refractivity (Wildman–Crippen MR) is 211 cm³/mol. The molecule has 0 unspecified atom stereocenters. The van der Waals surface area contributed by atoms with Crippen LogP contribution in [0.4, 0.5) is 0 Å². The molecule has 1 heterocycles. The van der Waals surface area contributed by atoms with E-state index in [-0.39, 0.29) is 11.1 Å². The lowest BCUT2D eigenvalue weighted by Crippen LogP contribution is -2.01. The standard InChI is InChI=1S/C48H25N5/c49-26-31-22-33(28-51)43(48-39-18-6-4-16-37(39)47(30-12-2-1-3-13-30)38-17-5-7-19-40(38)48)24-41(31)42-25-46(34(29-52)23-32(42)27-50)53-44-20-10-8-14-35(44)36-15-9-11-21-45(36)53/h1-25H. The number of hydrogen-bond acceptors (Lipinski definition) is 4. The molecule has 9 rings (SSSR count). The van der Waals surface area contributed by atoms with Crippen molar-refractivity contribution in [3.63, 3.8) is 0 Å². The van der Waals surface area contributed by atoms with Crippen molar-refractivity contribution in [1.29, 1.82) is 21.0 Å². The second-order valence-electron chi connectivity index (χ2n) is 12.9. The lowest BCUT2D eigenvalue weighted by atomic mass is 9.83. The molecule has 0 saturated heterocycles. The van der Waals surface area contributed by atoms with E-state index in [9.17, 15) is 21.0 Å². The van der Waals surface area contributed by atoms with E-state index in [1.165, 1.54) is 0 Å². The Morgan fingerprint density at radius 1 is 0.340 bits per heavy atom. The molecule has 9 aromatic rings. The zero-order valence-electron chi connectivity index (χ0n) is 28.2. The summed E-state index contributed by atoms with van der Waals surface area (Å²) < 4.78 is 2.05. The van der Waals surface area contributed by atoms with Gasteiger partial charge in [-0.15, -0.1) is 0 Å². The third-order valence-electron chi connectivity index (χ3n) is 10.1. The second-order valence-corrected chi connectivity index (χ2v) is 12.9. The van der Waals surface area contributed by atoms with Crippen LogP contribution in [0, 0.1) is 45.3 Å². The SMILES string of the molecule is N#Cc1cc(C#N)c(-c2c3ccccc3c(-c3ccccc3)c3ccccc23)cc1-c1cc(-n2c3ccccc3c3ccccc32)c(C#N)cc1C#N. The van der Waals surface area contributed by atoms with Gasteiger partial charge in [0.1, 0.15) is 6.07 Å². The zero-order valence-corrected chi connectivity index (χ0v) is 28.2. The maximum Gasteiger partial charge on any atom is 0.101 e. The molecule has 0 saturated carbocycles. The molecule has 0 aliphatic carbocycles. The van der Waals surface area contributed by atoms with Gasteiger partial charge in [-0.05, 0) is 74.6 Å². The van der Waals surface area contributed by atoms with Gasteiger partial charge in [-0.1, -0.05) is 115 Å². The van der Waals surface area contributed by atoms with E-state index in [1.54, 1.807) is 12.1 Å². The molecular formula is C48H25N5. The first-order valence-corrected chi connectivity index (χ1v) is 17.1. The third kappa shape index (κ3) is 4.75. The number of aromatic nitrogens is 1. The molecule has 0 amide bonds. The first-order chi connectivity index (χ1) is 26.1. The molecule has 53 heavy (non-hydrogen) atoms. The molecule has 0 atom stereocenters. The Labute approximate surface area is 305 Å². The molecule has 0 N–H and O–H groups in total. The van der Waals surface area contributed by atoms with Crippen LogP contribution in [0.2, 0.25) is 0 Å². The number of para-hydroxylation sites is 2. The summed E-state index contributed by atoms with van der Waals surface area (Å²) >= 11 is 0. The second kappa shape index (κ2) is 12.4. The molecule has 8 aromatic carbocycles. The fourth-order valence-corrected chi connectivity index (χ4v) is 7.91. The summed E-state index contributed by atoms with van der Waals surface area (Å²) in [5, 5.41) is 48.2. The van der Waals surface area contributed by atoms with Crippen LogP contribution in [-0.2, 0) is 0 Å². The van der Waals surface area contributed by atoms with Gasteiger partial charge in [0, 0.05) is 27.5 Å². The van der Waals surface area contributed by atoms with Gasteiger partial charge < -0.3 is 4.57 Å². The molecule has 0 fully saturated rings. The van der Waals surface area contributed by atoms with Crippen LogP contribution in [0.3, 0.4) is 0 Å². The average molecular weight is 672 g/mol. The van der Waals surface area contributed by atoms with E-state index in [0.717, 1.165) is 60.0 Å². The van der Waals surface area contributed by atoms with Gasteiger partial charge in [0.05, 0.1) is 57.2 Å². The number of hydrogen-bond donors (Lipinski definition) is 0. The first-order valence-electron chi connectivity index (χ1n) is 17.1. The Bertz CT molecular complexity index is 3050. The van der Waals surface area contributed by atoms with Crippen molar-refractivity contribution >= 4 is 43.4 Å². The molecule has 5 nitrogen and oxygen atoms in total. The van der Waals surface area contributed by atoms with E-state index in [2.05, 4.69) is 72.8 Å². The van der Waals surface area contributed by atoms with Gasteiger partial charge in [0.15, 0.2) is 0 Å². The maximum absolute atomic E-state index is 10.6. The van der Waals surface area contributed by atoms with Crippen molar-refractivity contribution in [1.82, 2.24) is 4.57 Å². The Hall–Kier alpha value is -7.96. The topological polar surface area (TPSA) is 100 Å². The number of nitriles is 4. The number of fused-ring (bicyclic) bond motifs is 5. The highest BCUT2D eigenvalue weighted by molar-refractivity contribution is 6.22. The third-order valence-corrected chi connectivity index (χ3v) is 10.1. The lowest BCUT2D eigenvalue weighted by Gasteiger charge is -2.20. The van der Waals surface area contributed by atoms with Crippen molar-refractivity contribution in [2.45, 2.75) is 0 Å². The minimum absolute atomic E-state index is 0.257. The van der Waals surface area contributed by atoms with E-state index in [1.807, 2.05) is 95.6 Å². The van der Waals surface area contributed by atoms with E-state index in [0.29, 0.717) is 33.5 Å². The molecule has 0 aliphatic rings. The quantitative estimate of drug-likeness (QED) is 0.174. The predicted octanol–water partition coefficient (Wildman–Crippen LogP) is 11.6. The molecule has 1 aromatic heterocycles. The van der Waals surface area contributed by atoms with Crippen LogP contribution < -0.4 is 0 Å². The van der Waals surface area contributed by atoms with Crippen LogP contribution in [0.5, 0.6) is 0 Å². The van der Waals surface area contributed by atoms with E-state index in [4.69, 9.17) is 0 Å². The van der Waals surface area contributed by atoms with Gasteiger partial charge in [0.25, 0.3) is 0 Å². The Morgan fingerprint density at radius 2 is 0.736 bits per heavy atom. The number of nitrogens with zero attached hydrogens (tertiary/aromatic N) is 5. The van der Waals surface area contributed by atoms with Gasteiger partial charge in [0.2, 0.25) is 0 Å². The highest BCUT2D eigenvalue weighted by Gasteiger charge is 2.23. The van der Waals surface area contributed by atoms with Gasteiger partial charge >= 0.3 is 0 Å². The van der Waals surface area contributed by atoms with Crippen LogP contribution in [-0.4, -0.2) is 4.57 Å². The summed E-state index contributed by atoms with van der Waals surface area (Å²) in [4.78, 5) is 0. The summed E-state index contributed by atoms with van der Waals surface area (Å²) in [6.45, 7) is 0. The highest BCUT2D eigenvalue weighted by Crippen LogP contribution is 2.46. The van der Waals surface area contributed by atoms with Gasteiger partial charge in [-0.2, -0.15) is 21.0 Å². The molecular weight excluding hydrogens is 647 g/mol. The summed E-state index contributed by atoms with van der Waals surface area (Å²) in [6, 6.07) is 59.0. The minimum Gasteiger partial charge on any atom is -0.308 e. The molecule has 0 radical (unpaired) electrons. The van der Waals surface area contributed by atoms with Gasteiger partial charge in [-0.3, -0.25) is 0 Å². The van der Waals surface area contributed by atoms with Crippen LogP contribution in [0.25, 0.3) is 82.4 Å². The van der Waals surface area contributed by atoms with Crippen molar-refractivity contribution < 1.29 is 0 Å². The monoisotopic (exact) mass is 671 g/mol. The summed E-state index contributed by atoms with van der Waals surface area (Å²) in [5.74, 6) is 0.